The van der Waals surface area contributed by atoms with Crippen LogP contribution in [-0.4, -0.2) is 30.9 Å². The maximum Gasteiger partial charge on any atom is 0.253 e. The van der Waals surface area contributed by atoms with E-state index >= 15 is 0 Å². The number of rotatable bonds is 5. The maximum absolute atomic E-state index is 12.2. The van der Waals surface area contributed by atoms with Crippen LogP contribution in [0.3, 0.4) is 0 Å². The molecule has 1 aliphatic rings. The summed E-state index contributed by atoms with van der Waals surface area (Å²) in [6.07, 6.45) is 2.12. The van der Waals surface area contributed by atoms with E-state index in [1.807, 2.05) is 36.2 Å². The van der Waals surface area contributed by atoms with E-state index in [-0.39, 0.29) is 5.91 Å². The molecule has 0 radical (unpaired) electrons. The molecule has 3 nitrogen and oxygen atoms in total. The minimum Gasteiger partial charge on any atom is -0.341 e. The average molecular weight is 246 g/mol. The van der Waals surface area contributed by atoms with Crippen LogP contribution in [0.25, 0.3) is 0 Å². The minimum absolute atomic E-state index is 0.119. The highest BCUT2D eigenvalue weighted by Gasteiger charge is 2.34. The summed E-state index contributed by atoms with van der Waals surface area (Å²) in [4.78, 5) is 14.0. The number of benzene rings is 1. The first-order valence-electron chi connectivity index (χ1n) is 6.66. The van der Waals surface area contributed by atoms with Crippen LogP contribution < -0.4 is 5.73 Å². The van der Waals surface area contributed by atoms with Gasteiger partial charge in [-0.1, -0.05) is 19.1 Å². The Bertz CT molecular complexity index is 413. The second-order valence-electron chi connectivity index (χ2n) is 5.39. The van der Waals surface area contributed by atoms with Crippen LogP contribution in [-0.2, 0) is 6.42 Å². The van der Waals surface area contributed by atoms with Crippen molar-refractivity contribution in [1.82, 2.24) is 4.90 Å². The fraction of sp³-hybridized carbons (Fsp3) is 0.533. The predicted molar refractivity (Wildman–Crippen MR) is 73.4 cm³/mol. The molecule has 0 spiro atoms. The van der Waals surface area contributed by atoms with Crippen molar-refractivity contribution in [3.8, 4) is 0 Å². The predicted octanol–water partition coefficient (Wildman–Crippen LogP) is 1.92. The molecule has 0 bridgehead atoms. The minimum atomic E-state index is 0.119. The van der Waals surface area contributed by atoms with Crippen molar-refractivity contribution >= 4 is 5.91 Å². The summed E-state index contributed by atoms with van der Waals surface area (Å²) in [6, 6.07) is 7.79. The zero-order valence-corrected chi connectivity index (χ0v) is 11.2. The van der Waals surface area contributed by atoms with E-state index in [1.54, 1.807) is 0 Å². The Balaban J connectivity index is 1.94. The first kappa shape index (κ1) is 13.1. The van der Waals surface area contributed by atoms with E-state index < -0.39 is 0 Å². The van der Waals surface area contributed by atoms with Crippen LogP contribution in [0.5, 0.6) is 0 Å². The molecule has 1 fully saturated rings. The van der Waals surface area contributed by atoms with Crippen LogP contribution in [0.4, 0.5) is 0 Å². The highest BCUT2D eigenvalue weighted by atomic mass is 16.2. The Morgan fingerprint density at radius 2 is 2.00 bits per heavy atom. The van der Waals surface area contributed by atoms with Gasteiger partial charge in [0.25, 0.3) is 5.91 Å². The average Bonchev–Trinajstić information content (AvgIpc) is 3.05. The van der Waals surface area contributed by atoms with E-state index in [9.17, 15) is 4.79 Å². The molecule has 18 heavy (non-hydrogen) atoms. The van der Waals surface area contributed by atoms with Gasteiger partial charge in [0.05, 0.1) is 0 Å². The van der Waals surface area contributed by atoms with E-state index in [4.69, 9.17) is 5.73 Å². The van der Waals surface area contributed by atoms with Gasteiger partial charge >= 0.3 is 0 Å². The van der Waals surface area contributed by atoms with E-state index in [1.165, 1.54) is 12.0 Å². The van der Waals surface area contributed by atoms with Gasteiger partial charge in [0.15, 0.2) is 0 Å². The molecule has 0 saturated heterocycles. The first-order chi connectivity index (χ1) is 8.61. The summed E-state index contributed by atoms with van der Waals surface area (Å²) in [7, 11) is 1.89. The summed E-state index contributed by atoms with van der Waals surface area (Å²) in [5.41, 5.74) is 7.46. The Morgan fingerprint density at radius 3 is 2.50 bits per heavy atom. The van der Waals surface area contributed by atoms with Gasteiger partial charge < -0.3 is 10.6 Å². The molecule has 0 heterocycles. The zero-order chi connectivity index (χ0) is 13.1. The lowest BCUT2D eigenvalue weighted by molar-refractivity contribution is 0.0787. The second kappa shape index (κ2) is 5.53. The Hall–Kier alpha value is -1.35. The number of carbonyl (C=O) groups excluding carboxylic acids is 1. The van der Waals surface area contributed by atoms with Gasteiger partial charge in [0.1, 0.15) is 0 Å². The van der Waals surface area contributed by atoms with Gasteiger partial charge in [-0.2, -0.15) is 0 Å². The fourth-order valence-corrected chi connectivity index (χ4v) is 2.29. The third-order valence-corrected chi connectivity index (χ3v) is 3.77. The quantitative estimate of drug-likeness (QED) is 0.862. The molecule has 1 aromatic rings. The molecule has 2 rings (SSSR count). The summed E-state index contributed by atoms with van der Waals surface area (Å²) in [5, 5.41) is 0. The van der Waals surface area contributed by atoms with Crippen LogP contribution in [0.1, 0.15) is 29.3 Å². The third kappa shape index (κ3) is 3.10. The second-order valence-corrected chi connectivity index (χ2v) is 5.39. The Kier molecular flexibility index (Phi) is 4.02. The standard InChI is InChI=1S/C15H22N2O/c1-11-9-14(11)10-17(2)15(18)13-5-3-12(4-6-13)7-8-16/h3-6,11,14H,7-10,16H2,1-2H3. The lowest BCUT2D eigenvalue weighted by atomic mass is 10.1. The van der Waals surface area contributed by atoms with Crippen LogP contribution in [0.2, 0.25) is 0 Å². The molecule has 1 aromatic carbocycles. The molecule has 1 aliphatic carbocycles. The van der Waals surface area contributed by atoms with Gasteiger partial charge in [0, 0.05) is 19.2 Å². The number of amides is 1. The van der Waals surface area contributed by atoms with Crippen molar-refractivity contribution in [2.45, 2.75) is 19.8 Å². The molecule has 3 heteroatoms. The molecule has 2 N–H and O–H groups in total. The van der Waals surface area contributed by atoms with E-state index in [2.05, 4.69) is 6.92 Å². The Morgan fingerprint density at radius 1 is 1.39 bits per heavy atom. The number of nitrogens with two attached hydrogens (primary N) is 1. The lowest BCUT2D eigenvalue weighted by Crippen LogP contribution is -2.29. The zero-order valence-electron chi connectivity index (χ0n) is 11.2. The van der Waals surface area contributed by atoms with Crippen LogP contribution in [0, 0.1) is 11.8 Å². The van der Waals surface area contributed by atoms with Crippen LogP contribution >= 0.6 is 0 Å². The number of nitrogens with zero attached hydrogens (tertiary/aromatic N) is 1. The maximum atomic E-state index is 12.2. The molecule has 98 valence electrons. The highest BCUT2D eigenvalue weighted by molar-refractivity contribution is 5.94. The van der Waals surface area contributed by atoms with Crippen LogP contribution in [0.15, 0.2) is 24.3 Å². The van der Waals surface area contributed by atoms with Gasteiger partial charge in [-0.3, -0.25) is 4.79 Å². The number of hydrogen-bond donors (Lipinski definition) is 1. The monoisotopic (exact) mass is 246 g/mol. The van der Waals surface area contributed by atoms with Crippen molar-refractivity contribution in [1.29, 1.82) is 0 Å². The van der Waals surface area contributed by atoms with Crippen molar-refractivity contribution < 1.29 is 4.79 Å². The van der Waals surface area contributed by atoms with Crippen molar-refractivity contribution in [2.75, 3.05) is 20.1 Å². The van der Waals surface area contributed by atoms with Crippen molar-refractivity contribution in [3.05, 3.63) is 35.4 Å². The Labute approximate surface area is 109 Å². The summed E-state index contributed by atoms with van der Waals surface area (Å²) < 4.78 is 0. The summed E-state index contributed by atoms with van der Waals surface area (Å²) >= 11 is 0. The lowest BCUT2D eigenvalue weighted by Gasteiger charge is -2.17. The smallest absolute Gasteiger partial charge is 0.253 e. The molecular formula is C15H22N2O. The fourth-order valence-electron chi connectivity index (χ4n) is 2.29. The highest BCUT2D eigenvalue weighted by Crippen LogP contribution is 2.38. The largest absolute Gasteiger partial charge is 0.341 e. The molecule has 2 unspecified atom stereocenters. The van der Waals surface area contributed by atoms with E-state index in [0.717, 1.165) is 24.4 Å². The molecule has 0 aliphatic heterocycles. The first-order valence-corrected chi connectivity index (χ1v) is 6.66. The summed E-state index contributed by atoms with van der Waals surface area (Å²) in [5.74, 6) is 1.61. The van der Waals surface area contributed by atoms with Gasteiger partial charge in [-0.15, -0.1) is 0 Å². The van der Waals surface area contributed by atoms with E-state index in [0.29, 0.717) is 12.5 Å². The molecular weight excluding hydrogens is 224 g/mol. The van der Waals surface area contributed by atoms with Gasteiger partial charge in [0.2, 0.25) is 0 Å². The van der Waals surface area contributed by atoms with Gasteiger partial charge in [-0.05, 0) is 48.9 Å². The molecule has 1 amide bonds. The number of hydrogen-bond acceptors (Lipinski definition) is 2. The SMILES string of the molecule is CC1CC1CN(C)C(=O)c1ccc(CCN)cc1. The summed E-state index contributed by atoms with van der Waals surface area (Å²) in [6.45, 7) is 3.77. The molecule has 2 atom stereocenters. The molecule has 1 saturated carbocycles. The normalized spacial score (nSPS) is 21.7. The molecule has 0 aromatic heterocycles. The third-order valence-electron chi connectivity index (χ3n) is 3.77. The number of carbonyl (C=O) groups is 1. The van der Waals surface area contributed by atoms with Crippen molar-refractivity contribution in [3.63, 3.8) is 0 Å². The van der Waals surface area contributed by atoms with Gasteiger partial charge in [-0.25, -0.2) is 0 Å². The van der Waals surface area contributed by atoms with Crippen molar-refractivity contribution in [2.24, 2.45) is 17.6 Å². The topological polar surface area (TPSA) is 46.3 Å².